The molecule has 1 aromatic heterocycles. The van der Waals surface area contributed by atoms with Gasteiger partial charge in [-0.1, -0.05) is 0 Å². The average Bonchev–Trinajstić information content (AvgIpc) is 2.45. The summed E-state index contributed by atoms with van der Waals surface area (Å²) >= 11 is 0. The molecule has 0 saturated heterocycles. The van der Waals surface area contributed by atoms with Crippen LogP contribution in [0.15, 0.2) is 29.7 Å². The Morgan fingerprint density at radius 1 is 1.24 bits per heavy atom. The first kappa shape index (κ1) is 14.8. The van der Waals surface area contributed by atoms with Crippen molar-refractivity contribution in [2.75, 3.05) is 7.11 Å². The van der Waals surface area contributed by atoms with Crippen molar-refractivity contribution in [1.29, 1.82) is 0 Å². The van der Waals surface area contributed by atoms with Gasteiger partial charge in [0, 0.05) is 5.56 Å². The van der Waals surface area contributed by atoms with E-state index < -0.39 is 20.8 Å². The number of nitrogens with two attached hydrogens (primary N) is 2. The second-order valence-electron chi connectivity index (χ2n) is 3.89. The molecule has 0 aliphatic heterocycles. The lowest BCUT2D eigenvalue weighted by Crippen LogP contribution is -2.22. The molecule has 110 valence electrons. The van der Waals surface area contributed by atoms with Crippen molar-refractivity contribution in [1.82, 2.24) is 15.0 Å². The number of primary amides is 1. The second kappa shape index (κ2) is 5.42. The molecule has 0 aliphatic rings. The second-order valence-corrected chi connectivity index (χ2v) is 5.39. The van der Waals surface area contributed by atoms with Gasteiger partial charge in [-0.2, -0.15) is 0 Å². The van der Waals surface area contributed by atoms with Crippen LogP contribution in [0.4, 0.5) is 0 Å². The SMILES string of the molecule is COc1ccc(-c2ncncn2)c(C(N)=O)c1S(N)(=O)=O. The number of carbonyl (C=O) groups excluding carboxylic acids is 1. The summed E-state index contributed by atoms with van der Waals surface area (Å²) in [5, 5.41) is 5.15. The van der Waals surface area contributed by atoms with Crippen molar-refractivity contribution < 1.29 is 17.9 Å². The van der Waals surface area contributed by atoms with Crippen LogP contribution in [0.2, 0.25) is 0 Å². The summed E-state index contributed by atoms with van der Waals surface area (Å²) in [4.78, 5) is 22.6. The molecule has 0 saturated carbocycles. The van der Waals surface area contributed by atoms with Crippen molar-refractivity contribution in [3.63, 3.8) is 0 Å². The van der Waals surface area contributed by atoms with E-state index in [-0.39, 0.29) is 22.7 Å². The van der Waals surface area contributed by atoms with Crippen LogP contribution in [-0.2, 0) is 10.0 Å². The van der Waals surface area contributed by atoms with Crippen molar-refractivity contribution in [3.8, 4) is 17.1 Å². The van der Waals surface area contributed by atoms with Crippen LogP contribution in [0.5, 0.6) is 5.75 Å². The number of hydrogen-bond donors (Lipinski definition) is 2. The van der Waals surface area contributed by atoms with Crippen LogP contribution in [-0.4, -0.2) is 36.4 Å². The number of hydrogen-bond acceptors (Lipinski definition) is 7. The summed E-state index contributed by atoms with van der Waals surface area (Å²) in [5.74, 6) is -0.996. The number of methoxy groups -OCH3 is 1. The minimum Gasteiger partial charge on any atom is -0.495 e. The number of rotatable bonds is 4. The lowest BCUT2D eigenvalue weighted by atomic mass is 10.1. The number of aromatic nitrogens is 3. The number of primary sulfonamides is 1. The van der Waals surface area contributed by atoms with E-state index >= 15 is 0 Å². The van der Waals surface area contributed by atoms with Crippen LogP contribution in [0.3, 0.4) is 0 Å². The zero-order chi connectivity index (χ0) is 15.6. The highest BCUT2D eigenvalue weighted by Gasteiger charge is 2.27. The third-order valence-corrected chi connectivity index (χ3v) is 3.58. The minimum atomic E-state index is -4.25. The van der Waals surface area contributed by atoms with Gasteiger partial charge in [0.1, 0.15) is 23.3 Å². The fourth-order valence-corrected chi connectivity index (χ4v) is 2.74. The van der Waals surface area contributed by atoms with Gasteiger partial charge in [0.05, 0.1) is 12.7 Å². The van der Waals surface area contributed by atoms with Gasteiger partial charge >= 0.3 is 0 Å². The highest BCUT2D eigenvalue weighted by atomic mass is 32.2. The van der Waals surface area contributed by atoms with Gasteiger partial charge in [-0.25, -0.2) is 28.5 Å². The molecular weight excluding hydrogens is 298 g/mol. The van der Waals surface area contributed by atoms with E-state index in [0.717, 1.165) is 0 Å². The number of benzene rings is 1. The highest BCUT2D eigenvalue weighted by molar-refractivity contribution is 7.89. The monoisotopic (exact) mass is 309 g/mol. The number of carbonyl (C=O) groups is 1. The first-order chi connectivity index (χ1) is 9.86. The molecule has 1 heterocycles. The number of amides is 1. The molecular formula is C11H11N5O4S. The molecule has 4 N–H and O–H groups in total. The van der Waals surface area contributed by atoms with Gasteiger partial charge < -0.3 is 10.5 Å². The maximum Gasteiger partial charge on any atom is 0.250 e. The van der Waals surface area contributed by atoms with Crippen molar-refractivity contribution in [3.05, 3.63) is 30.4 Å². The zero-order valence-corrected chi connectivity index (χ0v) is 11.7. The van der Waals surface area contributed by atoms with Crippen LogP contribution in [0, 0.1) is 0 Å². The Hall–Kier alpha value is -2.59. The summed E-state index contributed by atoms with van der Waals surface area (Å²) < 4.78 is 28.4. The molecule has 0 unspecified atom stereocenters. The summed E-state index contributed by atoms with van der Waals surface area (Å²) in [5.41, 5.74) is 5.08. The van der Waals surface area contributed by atoms with Crippen LogP contribution in [0.25, 0.3) is 11.4 Å². The summed E-state index contributed by atoms with van der Waals surface area (Å²) in [6.45, 7) is 0. The van der Waals surface area contributed by atoms with Crippen molar-refractivity contribution in [2.24, 2.45) is 10.9 Å². The molecule has 2 aromatic rings. The van der Waals surface area contributed by atoms with Gasteiger partial charge in [-0.15, -0.1) is 0 Å². The lowest BCUT2D eigenvalue weighted by Gasteiger charge is -2.13. The molecule has 1 aromatic carbocycles. The molecule has 21 heavy (non-hydrogen) atoms. The molecule has 0 aliphatic carbocycles. The molecule has 0 atom stereocenters. The molecule has 9 nitrogen and oxygen atoms in total. The lowest BCUT2D eigenvalue weighted by molar-refractivity contribution is 0.0997. The minimum absolute atomic E-state index is 0.0892. The van der Waals surface area contributed by atoms with Gasteiger partial charge in [0.15, 0.2) is 5.82 Å². The maximum atomic E-state index is 11.8. The van der Waals surface area contributed by atoms with E-state index in [1.807, 2.05) is 0 Å². The quantitative estimate of drug-likeness (QED) is 0.757. The highest BCUT2D eigenvalue weighted by Crippen LogP contribution is 2.32. The predicted octanol–water partition coefficient (Wildman–Crippen LogP) is -0.706. The van der Waals surface area contributed by atoms with Crippen molar-refractivity contribution in [2.45, 2.75) is 4.90 Å². The van der Waals surface area contributed by atoms with E-state index in [1.165, 1.54) is 31.9 Å². The Morgan fingerprint density at radius 2 is 1.86 bits per heavy atom. The molecule has 0 spiro atoms. The maximum absolute atomic E-state index is 11.8. The third kappa shape index (κ3) is 2.80. The fraction of sp³-hybridized carbons (Fsp3) is 0.0909. The van der Waals surface area contributed by atoms with E-state index in [2.05, 4.69) is 15.0 Å². The summed E-state index contributed by atoms with van der Waals surface area (Å²) in [6, 6.07) is 2.76. The number of ether oxygens (including phenoxy) is 1. The van der Waals surface area contributed by atoms with Crippen LogP contribution < -0.4 is 15.6 Å². The smallest absolute Gasteiger partial charge is 0.250 e. The Morgan fingerprint density at radius 3 is 2.33 bits per heavy atom. The van der Waals surface area contributed by atoms with Crippen molar-refractivity contribution >= 4 is 15.9 Å². The Labute approximate surface area is 120 Å². The standard InChI is InChI=1S/C11H11N5O4S/c1-20-7-3-2-6(11-15-4-14-5-16-11)8(10(12)17)9(7)21(13,18)19/h2-5H,1H3,(H2,12,17)(H2,13,18,19). The first-order valence-corrected chi connectivity index (χ1v) is 7.07. The Kier molecular flexibility index (Phi) is 3.82. The summed E-state index contributed by atoms with van der Waals surface area (Å²) in [7, 11) is -3.00. The van der Waals surface area contributed by atoms with Gasteiger partial charge in [0.25, 0.3) is 5.91 Å². The molecule has 0 radical (unpaired) electrons. The molecule has 2 rings (SSSR count). The first-order valence-electron chi connectivity index (χ1n) is 5.52. The number of nitrogens with zero attached hydrogens (tertiary/aromatic N) is 3. The summed E-state index contributed by atoms with van der Waals surface area (Å²) in [6.07, 6.45) is 2.40. The third-order valence-electron chi connectivity index (χ3n) is 2.61. The molecule has 1 amide bonds. The van der Waals surface area contributed by atoms with Gasteiger partial charge in [-0.05, 0) is 12.1 Å². The molecule has 10 heteroatoms. The molecule has 0 fully saturated rings. The average molecular weight is 309 g/mol. The molecule has 0 bridgehead atoms. The number of sulfonamides is 1. The normalized spacial score (nSPS) is 11.1. The Balaban J connectivity index is 2.90. The van der Waals surface area contributed by atoms with Crippen LogP contribution >= 0.6 is 0 Å². The zero-order valence-electron chi connectivity index (χ0n) is 10.8. The predicted molar refractivity (Wildman–Crippen MR) is 71.7 cm³/mol. The van der Waals surface area contributed by atoms with E-state index in [0.29, 0.717) is 0 Å². The Bertz CT molecular complexity index is 792. The largest absolute Gasteiger partial charge is 0.495 e. The fourth-order valence-electron chi connectivity index (χ4n) is 1.82. The topological polar surface area (TPSA) is 151 Å². The van der Waals surface area contributed by atoms with E-state index in [9.17, 15) is 13.2 Å². The van der Waals surface area contributed by atoms with Crippen LogP contribution in [0.1, 0.15) is 10.4 Å². The van der Waals surface area contributed by atoms with Gasteiger partial charge in [-0.3, -0.25) is 4.79 Å². The van der Waals surface area contributed by atoms with E-state index in [1.54, 1.807) is 0 Å². The van der Waals surface area contributed by atoms with Gasteiger partial charge in [0.2, 0.25) is 10.0 Å². The van der Waals surface area contributed by atoms with E-state index in [4.69, 9.17) is 15.6 Å².